The molecule has 0 N–H and O–H groups in total. The Bertz CT molecular complexity index is 959. The van der Waals surface area contributed by atoms with Crippen LogP contribution in [0, 0.1) is 0 Å². The number of amides is 1. The van der Waals surface area contributed by atoms with Crippen molar-refractivity contribution in [2.24, 2.45) is 0 Å². The number of aromatic nitrogens is 6. The Morgan fingerprint density at radius 1 is 1.29 bits per heavy atom. The van der Waals surface area contributed by atoms with Gasteiger partial charge < -0.3 is 9.80 Å². The van der Waals surface area contributed by atoms with Gasteiger partial charge in [-0.2, -0.15) is 0 Å². The number of thiazole rings is 1. The lowest BCUT2D eigenvalue weighted by molar-refractivity contribution is -0.130. The van der Waals surface area contributed by atoms with Crippen molar-refractivity contribution in [3.8, 4) is 0 Å². The van der Waals surface area contributed by atoms with Crippen molar-refractivity contribution >= 4 is 44.5 Å². The predicted molar refractivity (Wildman–Crippen MR) is 108 cm³/mol. The molecule has 146 valence electrons. The van der Waals surface area contributed by atoms with Crippen molar-refractivity contribution in [2.75, 3.05) is 31.1 Å². The highest BCUT2D eigenvalue weighted by Crippen LogP contribution is 2.37. The molecular formula is C17H20N8OS2. The standard InChI is InChI=1S/C17H20N8OS2/c1-11(27-17-20-21-22-25(17)12-4-5-12)15(26)23-7-9-24(10-8-23)16-19-13-3-2-6-18-14(13)28-16/h2-3,6,11-12H,4-5,7-10H2,1H3. The van der Waals surface area contributed by atoms with Gasteiger partial charge in [0.15, 0.2) is 5.13 Å². The summed E-state index contributed by atoms with van der Waals surface area (Å²) in [6, 6.07) is 4.30. The molecule has 0 radical (unpaired) electrons. The Kier molecular flexibility index (Phi) is 4.63. The van der Waals surface area contributed by atoms with Gasteiger partial charge in [0.05, 0.1) is 11.3 Å². The third-order valence-electron chi connectivity index (χ3n) is 5.00. The van der Waals surface area contributed by atoms with E-state index in [1.165, 1.54) is 11.8 Å². The van der Waals surface area contributed by atoms with Crippen LogP contribution in [-0.4, -0.2) is 72.4 Å². The second kappa shape index (κ2) is 7.28. The van der Waals surface area contributed by atoms with E-state index in [4.69, 9.17) is 0 Å². The van der Waals surface area contributed by atoms with Crippen LogP contribution in [0.4, 0.5) is 5.13 Å². The van der Waals surface area contributed by atoms with Crippen molar-refractivity contribution in [1.29, 1.82) is 0 Å². The van der Waals surface area contributed by atoms with Crippen LogP contribution in [0.25, 0.3) is 10.3 Å². The molecule has 11 heteroatoms. The minimum atomic E-state index is -0.207. The number of carbonyl (C=O) groups excluding carboxylic acids is 1. The highest BCUT2D eigenvalue weighted by atomic mass is 32.2. The van der Waals surface area contributed by atoms with E-state index in [1.54, 1.807) is 17.5 Å². The van der Waals surface area contributed by atoms with Gasteiger partial charge in [-0.1, -0.05) is 23.1 Å². The highest BCUT2D eigenvalue weighted by Gasteiger charge is 2.31. The van der Waals surface area contributed by atoms with E-state index in [-0.39, 0.29) is 11.2 Å². The summed E-state index contributed by atoms with van der Waals surface area (Å²) in [5.41, 5.74) is 0.930. The first-order chi connectivity index (χ1) is 13.7. The normalized spacial score (nSPS) is 18.6. The maximum atomic E-state index is 12.9. The lowest BCUT2D eigenvalue weighted by atomic mass is 10.3. The number of hydrogen-bond acceptors (Lipinski definition) is 9. The molecule has 5 rings (SSSR count). The summed E-state index contributed by atoms with van der Waals surface area (Å²) >= 11 is 3.05. The zero-order valence-electron chi connectivity index (χ0n) is 15.4. The average molecular weight is 417 g/mol. The number of rotatable bonds is 5. The fraction of sp³-hybridized carbons (Fsp3) is 0.529. The highest BCUT2D eigenvalue weighted by molar-refractivity contribution is 8.00. The fourth-order valence-electron chi connectivity index (χ4n) is 3.29. The summed E-state index contributed by atoms with van der Waals surface area (Å²) in [6.07, 6.45) is 4.02. The first-order valence-electron chi connectivity index (χ1n) is 9.39. The molecule has 0 bridgehead atoms. The van der Waals surface area contributed by atoms with E-state index in [1.807, 2.05) is 28.6 Å². The summed E-state index contributed by atoms with van der Waals surface area (Å²) in [6.45, 7) is 4.89. The summed E-state index contributed by atoms with van der Waals surface area (Å²) in [5.74, 6) is 0.140. The minimum absolute atomic E-state index is 0.140. The monoisotopic (exact) mass is 416 g/mol. The van der Waals surface area contributed by atoms with E-state index in [2.05, 4.69) is 30.4 Å². The lowest BCUT2D eigenvalue weighted by Gasteiger charge is -2.35. The zero-order valence-corrected chi connectivity index (χ0v) is 17.1. The van der Waals surface area contributed by atoms with Gasteiger partial charge in [-0.05, 0) is 42.3 Å². The van der Waals surface area contributed by atoms with Crippen molar-refractivity contribution in [3.63, 3.8) is 0 Å². The zero-order chi connectivity index (χ0) is 19.1. The Hall–Kier alpha value is -2.27. The van der Waals surface area contributed by atoms with Crippen LogP contribution in [0.5, 0.6) is 0 Å². The molecule has 1 saturated carbocycles. The first kappa shape index (κ1) is 17.8. The van der Waals surface area contributed by atoms with Gasteiger partial charge in [0.2, 0.25) is 11.1 Å². The molecule has 1 atom stereocenters. The van der Waals surface area contributed by atoms with Crippen LogP contribution in [0.3, 0.4) is 0 Å². The fourth-order valence-corrected chi connectivity index (χ4v) is 5.19. The number of fused-ring (bicyclic) bond motifs is 1. The number of pyridine rings is 1. The molecule has 0 spiro atoms. The number of tetrazole rings is 1. The smallest absolute Gasteiger partial charge is 0.236 e. The van der Waals surface area contributed by atoms with Crippen molar-refractivity contribution in [1.82, 2.24) is 35.1 Å². The minimum Gasteiger partial charge on any atom is -0.344 e. The number of anilines is 1. The number of hydrogen-bond donors (Lipinski definition) is 0. The van der Waals surface area contributed by atoms with Crippen LogP contribution in [0.1, 0.15) is 25.8 Å². The molecule has 1 aliphatic heterocycles. The van der Waals surface area contributed by atoms with Crippen molar-refractivity contribution in [3.05, 3.63) is 18.3 Å². The van der Waals surface area contributed by atoms with Crippen LogP contribution in [0.2, 0.25) is 0 Å². The number of nitrogens with zero attached hydrogens (tertiary/aromatic N) is 8. The summed E-state index contributed by atoms with van der Waals surface area (Å²) in [4.78, 5) is 27.1. The number of piperazine rings is 1. The van der Waals surface area contributed by atoms with E-state index >= 15 is 0 Å². The summed E-state index contributed by atoms with van der Waals surface area (Å²) in [7, 11) is 0. The molecule has 2 aliphatic rings. The molecule has 1 saturated heterocycles. The maximum absolute atomic E-state index is 12.9. The van der Waals surface area contributed by atoms with Crippen molar-refractivity contribution in [2.45, 2.75) is 36.2 Å². The largest absolute Gasteiger partial charge is 0.344 e. The summed E-state index contributed by atoms with van der Waals surface area (Å²) in [5, 5.41) is 13.4. The van der Waals surface area contributed by atoms with E-state index < -0.39 is 0 Å². The molecule has 4 heterocycles. The molecule has 9 nitrogen and oxygen atoms in total. The van der Waals surface area contributed by atoms with Crippen molar-refractivity contribution < 1.29 is 4.79 Å². The molecule has 28 heavy (non-hydrogen) atoms. The van der Waals surface area contributed by atoms with Crippen LogP contribution < -0.4 is 4.90 Å². The van der Waals surface area contributed by atoms with Crippen LogP contribution in [-0.2, 0) is 4.79 Å². The van der Waals surface area contributed by atoms with Gasteiger partial charge >= 0.3 is 0 Å². The number of thioether (sulfide) groups is 1. The quantitative estimate of drug-likeness (QED) is 0.582. The number of carbonyl (C=O) groups is 1. The molecular weight excluding hydrogens is 396 g/mol. The molecule has 1 amide bonds. The third kappa shape index (κ3) is 3.44. The van der Waals surface area contributed by atoms with Gasteiger partial charge in [0.25, 0.3) is 0 Å². The lowest BCUT2D eigenvalue weighted by Crippen LogP contribution is -2.50. The van der Waals surface area contributed by atoms with Gasteiger partial charge in [-0.15, -0.1) is 5.10 Å². The third-order valence-corrected chi connectivity index (χ3v) is 7.08. The SMILES string of the molecule is CC(Sc1nnnn1C1CC1)C(=O)N1CCN(c2nc3cccnc3s2)CC1. The van der Waals surface area contributed by atoms with Gasteiger partial charge in [0, 0.05) is 32.4 Å². The second-order valence-corrected chi connectivity index (χ2v) is 9.30. The average Bonchev–Trinajstić information content (AvgIpc) is 3.30. The first-order valence-corrected chi connectivity index (χ1v) is 11.1. The molecule has 0 aromatic carbocycles. The van der Waals surface area contributed by atoms with Crippen LogP contribution >= 0.6 is 23.1 Å². The van der Waals surface area contributed by atoms with E-state index in [0.717, 1.165) is 46.6 Å². The molecule has 1 aliphatic carbocycles. The van der Waals surface area contributed by atoms with Gasteiger partial charge in [-0.25, -0.2) is 14.6 Å². The van der Waals surface area contributed by atoms with Gasteiger partial charge in [-0.3, -0.25) is 4.79 Å². The molecule has 3 aromatic heterocycles. The second-order valence-electron chi connectivity index (χ2n) is 7.03. The molecule has 2 fully saturated rings. The van der Waals surface area contributed by atoms with Crippen LogP contribution in [0.15, 0.2) is 23.5 Å². The molecule has 1 unspecified atom stereocenters. The predicted octanol–water partition coefficient (Wildman–Crippen LogP) is 1.84. The maximum Gasteiger partial charge on any atom is 0.236 e. The Labute approximate surface area is 170 Å². The summed E-state index contributed by atoms with van der Waals surface area (Å²) < 4.78 is 1.85. The Morgan fingerprint density at radius 3 is 2.86 bits per heavy atom. The Balaban J connectivity index is 1.20. The van der Waals surface area contributed by atoms with E-state index in [9.17, 15) is 4.79 Å². The Morgan fingerprint density at radius 2 is 2.11 bits per heavy atom. The van der Waals surface area contributed by atoms with E-state index in [0.29, 0.717) is 19.1 Å². The van der Waals surface area contributed by atoms with Gasteiger partial charge in [0.1, 0.15) is 10.3 Å². The topological polar surface area (TPSA) is 92.9 Å². The molecule has 3 aromatic rings.